The van der Waals surface area contributed by atoms with Crippen LogP contribution in [0.3, 0.4) is 0 Å². The van der Waals surface area contributed by atoms with Crippen LogP contribution in [-0.2, 0) is 24.0 Å². The Kier molecular flexibility index (Phi) is 9.65. The van der Waals surface area contributed by atoms with Gasteiger partial charge >= 0.3 is 6.18 Å². The van der Waals surface area contributed by atoms with Crippen LogP contribution in [0.2, 0.25) is 0 Å². The molecule has 0 aliphatic rings. The maximum absolute atomic E-state index is 13.0. The summed E-state index contributed by atoms with van der Waals surface area (Å²) in [5, 5.41) is 23.0. The number of hydrogen-bond donors (Lipinski definition) is 1. The van der Waals surface area contributed by atoms with E-state index in [0.717, 1.165) is 18.2 Å². The lowest BCUT2D eigenvalue weighted by atomic mass is 10.0. The molecule has 0 heterocycles. The lowest BCUT2D eigenvalue weighted by Gasteiger charge is -2.17. The number of nitro benzene ring substituents is 1. The van der Waals surface area contributed by atoms with E-state index in [0.29, 0.717) is 34.6 Å². The molecule has 0 aromatic heterocycles. The number of non-ortho nitro benzene ring substituents is 1. The number of allylic oxidation sites excluding steroid dienone is 1. The van der Waals surface area contributed by atoms with E-state index in [4.69, 9.17) is 9.47 Å². The summed E-state index contributed by atoms with van der Waals surface area (Å²) in [5.41, 5.74) is 0.0762. The van der Waals surface area contributed by atoms with Crippen molar-refractivity contribution in [3.8, 4) is 17.6 Å². The van der Waals surface area contributed by atoms with E-state index < -0.39 is 22.6 Å². The van der Waals surface area contributed by atoms with Crippen LogP contribution in [0.25, 0.3) is 6.08 Å². The number of halogens is 3. The molecule has 0 spiro atoms. The number of benzene rings is 3. The number of alkyl halides is 3. The lowest BCUT2D eigenvalue weighted by molar-refractivity contribution is -0.384. The maximum Gasteiger partial charge on any atom is 0.416 e. The van der Waals surface area contributed by atoms with Crippen LogP contribution in [0.15, 0.2) is 78.9 Å². The van der Waals surface area contributed by atoms with E-state index >= 15 is 0 Å². The van der Waals surface area contributed by atoms with Gasteiger partial charge in [0.15, 0.2) is 11.5 Å². The fourth-order valence-electron chi connectivity index (χ4n) is 3.70. The number of nitrogens with one attached hydrogen (secondary N) is 1. The molecular formula is C29H24F3N3O5. The van der Waals surface area contributed by atoms with Gasteiger partial charge in [-0.1, -0.05) is 24.3 Å². The minimum absolute atomic E-state index is 0.00389. The Morgan fingerprint density at radius 2 is 1.90 bits per heavy atom. The number of rotatable bonds is 11. The van der Waals surface area contributed by atoms with Crippen molar-refractivity contribution in [1.29, 1.82) is 5.26 Å². The highest BCUT2D eigenvalue weighted by Gasteiger charge is 2.30. The fourth-order valence-corrected chi connectivity index (χ4v) is 3.70. The van der Waals surface area contributed by atoms with Crippen LogP contribution in [0.5, 0.6) is 11.5 Å². The second-order valence-corrected chi connectivity index (χ2v) is 8.35. The van der Waals surface area contributed by atoms with Crippen molar-refractivity contribution >= 4 is 23.4 Å². The molecule has 8 nitrogen and oxygen atoms in total. The van der Waals surface area contributed by atoms with Gasteiger partial charge in [0.2, 0.25) is 0 Å². The first kappa shape index (κ1) is 29.4. The molecule has 0 saturated carbocycles. The Hall–Kier alpha value is -5.11. The smallest absolute Gasteiger partial charge is 0.416 e. The fraction of sp³-hybridized carbons (Fsp3) is 0.172. The van der Waals surface area contributed by atoms with E-state index in [9.17, 15) is 33.3 Å². The summed E-state index contributed by atoms with van der Waals surface area (Å²) in [4.78, 5) is 23.3. The number of nitrogens with zero attached hydrogens (tertiary/aromatic N) is 2. The SMILES string of the molecule is C=CCc1cc(/C=C(/C#N)C(=O)Nc2cccc(C(F)(F)F)c2)cc(OCC)c1OCc1cccc([N+](=O)[O-])c1. The van der Waals surface area contributed by atoms with Gasteiger partial charge in [0.05, 0.1) is 17.1 Å². The number of amides is 1. The number of carbonyl (C=O) groups excluding carboxylic acids is 1. The molecule has 0 bridgehead atoms. The van der Waals surface area contributed by atoms with Gasteiger partial charge in [-0.2, -0.15) is 18.4 Å². The highest BCUT2D eigenvalue weighted by molar-refractivity contribution is 6.09. The predicted molar refractivity (Wildman–Crippen MR) is 143 cm³/mol. The summed E-state index contributed by atoms with van der Waals surface area (Å²) in [5.74, 6) is -0.234. The van der Waals surface area contributed by atoms with E-state index in [1.165, 1.54) is 24.3 Å². The van der Waals surface area contributed by atoms with Crippen molar-refractivity contribution < 1.29 is 32.4 Å². The molecule has 0 aliphatic carbocycles. The largest absolute Gasteiger partial charge is 0.490 e. The zero-order valence-corrected chi connectivity index (χ0v) is 21.3. The van der Waals surface area contributed by atoms with Gasteiger partial charge in [-0.05, 0) is 60.9 Å². The Bertz CT molecular complexity index is 1490. The minimum Gasteiger partial charge on any atom is -0.490 e. The lowest BCUT2D eigenvalue weighted by Crippen LogP contribution is -2.14. The van der Waals surface area contributed by atoms with Crippen molar-refractivity contribution in [3.05, 3.63) is 111 Å². The third-order valence-electron chi connectivity index (χ3n) is 5.45. The van der Waals surface area contributed by atoms with Gasteiger partial charge in [-0.3, -0.25) is 14.9 Å². The quantitative estimate of drug-likeness (QED) is 0.0915. The number of ether oxygens (including phenoxy) is 2. The molecule has 0 fully saturated rings. The third kappa shape index (κ3) is 7.70. The number of anilines is 1. The van der Waals surface area contributed by atoms with Gasteiger partial charge in [-0.25, -0.2) is 0 Å². The third-order valence-corrected chi connectivity index (χ3v) is 5.45. The van der Waals surface area contributed by atoms with E-state index in [-0.39, 0.29) is 30.2 Å². The molecule has 206 valence electrons. The maximum atomic E-state index is 13.0. The highest BCUT2D eigenvalue weighted by atomic mass is 19.4. The van der Waals surface area contributed by atoms with Gasteiger partial charge in [0.25, 0.3) is 11.6 Å². The average Bonchev–Trinajstić information content (AvgIpc) is 2.91. The molecule has 3 aromatic carbocycles. The van der Waals surface area contributed by atoms with Crippen LogP contribution in [0.4, 0.5) is 24.5 Å². The van der Waals surface area contributed by atoms with Crippen LogP contribution in [0, 0.1) is 21.4 Å². The molecule has 40 heavy (non-hydrogen) atoms. The standard InChI is InChI=1S/C29H24F3N3O5/c1-3-7-21-12-20(13-22(17-33)28(36)34-24-10-6-9-23(16-24)29(30,31)32)15-26(39-4-2)27(21)40-18-19-8-5-11-25(14-19)35(37)38/h3,5-6,8-16H,1,4,7,18H2,2H3,(H,34,36)/b22-13-. The topological polar surface area (TPSA) is 114 Å². The van der Waals surface area contributed by atoms with Crippen molar-refractivity contribution in [3.63, 3.8) is 0 Å². The van der Waals surface area contributed by atoms with Gasteiger partial charge < -0.3 is 14.8 Å². The molecule has 1 N–H and O–H groups in total. The first-order chi connectivity index (χ1) is 19.0. The molecule has 0 atom stereocenters. The first-order valence-electron chi connectivity index (χ1n) is 11.9. The molecule has 0 aliphatic heterocycles. The Morgan fingerprint density at radius 3 is 2.55 bits per heavy atom. The second kappa shape index (κ2) is 13.1. The van der Waals surface area contributed by atoms with Crippen LogP contribution >= 0.6 is 0 Å². The van der Waals surface area contributed by atoms with Crippen LogP contribution in [0.1, 0.15) is 29.2 Å². The molecule has 0 radical (unpaired) electrons. The summed E-state index contributed by atoms with van der Waals surface area (Å²) < 4.78 is 50.8. The van der Waals surface area contributed by atoms with Crippen molar-refractivity contribution in [2.45, 2.75) is 26.1 Å². The zero-order valence-electron chi connectivity index (χ0n) is 21.3. The summed E-state index contributed by atoms with van der Waals surface area (Å²) in [6, 6.07) is 15.0. The summed E-state index contributed by atoms with van der Waals surface area (Å²) >= 11 is 0. The van der Waals surface area contributed by atoms with Crippen molar-refractivity contribution in [2.24, 2.45) is 0 Å². The Labute approximate surface area is 228 Å². The zero-order chi connectivity index (χ0) is 29.3. The normalized spacial score (nSPS) is 11.3. The monoisotopic (exact) mass is 551 g/mol. The minimum atomic E-state index is -4.59. The number of carbonyl (C=O) groups is 1. The van der Waals surface area contributed by atoms with Crippen molar-refractivity contribution in [2.75, 3.05) is 11.9 Å². The van der Waals surface area contributed by atoms with Crippen LogP contribution in [-0.4, -0.2) is 17.4 Å². The van der Waals surface area contributed by atoms with Crippen molar-refractivity contribution in [1.82, 2.24) is 0 Å². The summed E-state index contributed by atoms with van der Waals surface area (Å²) in [7, 11) is 0. The van der Waals surface area contributed by atoms with E-state index in [1.54, 1.807) is 43.3 Å². The first-order valence-corrected chi connectivity index (χ1v) is 11.9. The average molecular weight is 552 g/mol. The molecule has 1 amide bonds. The predicted octanol–water partition coefficient (Wildman–Crippen LogP) is 6.87. The number of hydrogen-bond acceptors (Lipinski definition) is 6. The molecular weight excluding hydrogens is 527 g/mol. The Balaban J connectivity index is 1.93. The summed E-state index contributed by atoms with van der Waals surface area (Å²) in [6.07, 6.45) is -1.37. The van der Waals surface area contributed by atoms with E-state index in [2.05, 4.69) is 11.9 Å². The molecule has 11 heteroatoms. The molecule has 3 rings (SSSR count). The second-order valence-electron chi connectivity index (χ2n) is 8.35. The van der Waals surface area contributed by atoms with E-state index in [1.807, 2.05) is 0 Å². The van der Waals surface area contributed by atoms with Gasteiger partial charge in [0.1, 0.15) is 18.2 Å². The molecule has 0 unspecified atom stereocenters. The number of nitro groups is 1. The molecule has 0 saturated heterocycles. The van der Waals surface area contributed by atoms with Gasteiger partial charge in [-0.15, -0.1) is 6.58 Å². The number of nitriles is 1. The highest BCUT2D eigenvalue weighted by Crippen LogP contribution is 2.36. The summed E-state index contributed by atoms with van der Waals surface area (Å²) in [6.45, 7) is 5.76. The van der Waals surface area contributed by atoms with Crippen LogP contribution < -0.4 is 14.8 Å². The Morgan fingerprint density at radius 1 is 1.15 bits per heavy atom. The molecule has 3 aromatic rings. The van der Waals surface area contributed by atoms with Gasteiger partial charge in [0, 0.05) is 23.4 Å².